The summed E-state index contributed by atoms with van der Waals surface area (Å²) in [7, 11) is 0. The molecule has 7 heteroatoms. The molecule has 0 saturated carbocycles. The molecule has 0 aliphatic carbocycles. The molecule has 3 atom stereocenters. The van der Waals surface area contributed by atoms with Gasteiger partial charge in [-0.3, -0.25) is 14.3 Å². The summed E-state index contributed by atoms with van der Waals surface area (Å²) < 4.78 is 19.6. The van der Waals surface area contributed by atoms with Crippen LogP contribution in [-0.4, -0.2) is 28.4 Å². The first-order valence-corrected chi connectivity index (χ1v) is 10.3. The number of rotatable bonds is 8. The summed E-state index contributed by atoms with van der Waals surface area (Å²) in [5.41, 5.74) is 1.71. The van der Waals surface area contributed by atoms with Crippen LogP contribution in [0.2, 0.25) is 0 Å². The first-order valence-electron chi connectivity index (χ1n) is 10.3. The maximum atomic E-state index is 12.3. The van der Waals surface area contributed by atoms with E-state index < -0.39 is 11.9 Å². The fourth-order valence-corrected chi connectivity index (χ4v) is 3.64. The third-order valence-electron chi connectivity index (χ3n) is 5.34. The lowest BCUT2D eigenvalue weighted by molar-refractivity contribution is -0.0832. The van der Waals surface area contributed by atoms with Crippen molar-refractivity contribution in [2.45, 2.75) is 45.0 Å². The van der Waals surface area contributed by atoms with Crippen LogP contribution in [0.4, 0.5) is 0 Å². The van der Waals surface area contributed by atoms with E-state index in [2.05, 4.69) is 4.98 Å². The molecule has 0 radical (unpaired) electrons. The molecule has 0 spiro atoms. The standard InChI is InChI=1S/C24H26N2O5/c1-17-13-26(24(28)25-23(17)27)22-12-20(30-15-19-10-6-3-7-11-19)21(31-22)16-29-14-18-8-4-2-5-9-18/h2-11,13,20-22H,12,14-16H2,1H3,(H,25,27,28)/t20-,21+,22?/m0/s1. The maximum absolute atomic E-state index is 12.3. The van der Waals surface area contributed by atoms with Gasteiger partial charge in [-0.2, -0.15) is 0 Å². The molecule has 7 nitrogen and oxygen atoms in total. The van der Waals surface area contributed by atoms with Crippen molar-refractivity contribution >= 4 is 0 Å². The number of nitrogens with zero attached hydrogens (tertiary/aromatic N) is 1. The molecule has 3 aromatic rings. The Hall–Kier alpha value is -3.00. The number of hydrogen-bond donors (Lipinski definition) is 1. The topological polar surface area (TPSA) is 82.6 Å². The predicted molar refractivity (Wildman–Crippen MR) is 116 cm³/mol. The molecule has 2 aromatic carbocycles. The van der Waals surface area contributed by atoms with Crippen molar-refractivity contribution in [1.82, 2.24) is 9.55 Å². The van der Waals surface area contributed by atoms with Crippen molar-refractivity contribution in [3.63, 3.8) is 0 Å². The average molecular weight is 422 g/mol. The van der Waals surface area contributed by atoms with Gasteiger partial charge in [-0.25, -0.2) is 4.79 Å². The van der Waals surface area contributed by atoms with Gasteiger partial charge in [-0.05, 0) is 18.1 Å². The largest absolute Gasteiger partial charge is 0.374 e. The van der Waals surface area contributed by atoms with Gasteiger partial charge in [0.2, 0.25) is 0 Å². The number of aromatic amines is 1. The van der Waals surface area contributed by atoms with Gasteiger partial charge in [0, 0.05) is 18.2 Å². The molecule has 1 aliphatic rings. The molecule has 1 fully saturated rings. The Kier molecular flexibility index (Phi) is 6.76. The summed E-state index contributed by atoms with van der Waals surface area (Å²) in [5, 5.41) is 0. The monoisotopic (exact) mass is 422 g/mol. The van der Waals surface area contributed by atoms with E-state index >= 15 is 0 Å². The van der Waals surface area contributed by atoms with Gasteiger partial charge in [-0.15, -0.1) is 0 Å². The molecule has 1 N–H and O–H groups in total. The highest BCUT2D eigenvalue weighted by Gasteiger charge is 2.37. The van der Waals surface area contributed by atoms with E-state index in [9.17, 15) is 9.59 Å². The van der Waals surface area contributed by atoms with Crippen LogP contribution in [0.15, 0.2) is 76.4 Å². The molecule has 4 rings (SSSR count). The van der Waals surface area contributed by atoms with Crippen molar-refractivity contribution in [3.8, 4) is 0 Å². The number of hydrogen-bond acceptors (Lipinski definition) is 5. The molecule has 162 valence electrons. The minimum absolute atomic E-state index is 0.250. The summed E-state index contributed by atoms with van der Waals surface area (Å²) >= 11 is 0. The van der Waals surface area contributed by atoms with Gasteiger partial charge in [-0.1, -0.05) is 60.7 Å². The molecule has 1 unspecified atom stereocenters. The number of nitrogens with one attached hydrogen (secondary N) is 1. The van der Waals surface area contributed by atoms with Crippen LogP contribution in [0.3, 0.4) is 0 Å². The second-order valence-electron chi connectivity index (χ2n) is 7.68. The first-order chi connectivity index (χ1) is 15.1. The summed E-state index contributed by atoms with van der Waals surface area (Å²) in [6.45, 7) is 2.90. The Balaban J connectivity index is 1.46. The zero-order chi connectivity index (χ0) is 21.6. The second kappa shape index (κ2) is 9.87. The van der Waals surface area contributed by atoms with Crippen molar-refractivity contribution in [2.75, 3.05) is 6.61 Å². The molecular formula is C24H26N2O5. The van der Waals surface area contributed by atoms with E-state index in [0.717, 1.165) is 11.1 Å². The fourth-order valence-electron chi connectivity index (χ4n) is 3.64. The smallest absolute Gasteiger partial charge is 0.330 e. The molecule has 1 aliphatic heterocycles. The van der Waals surface area contributed by atoms with Gasteiger partial charge >= 0.3 is 5.69 Å². The lowest BCUT2D eigenvalue weighted by atomic mass is 10.1. The van der Waals surface area contributed by atoms with Gasteiger partial charge in [0.25, 0.3) is 5.56 Å². The molecular weight excluding hydrogens is 396 g/mol. The van der Waals surface area contributed by atoms with Crippen LogP contribution in [0.1, 0.15) is 29.3 Å². The first kappa shape index (κ1) is 21.2. The average Bonchev–Trinajstić information content (AvgIpc) is 3.19. The van der Waals surface area contributed by atoms with Crippen molar-refractivity contribution in [2.24, 2.45) is 0 Å². The Morgan fingerprint density at radius 1 is 1.00 bits per heavy atom. The van der Waals surface area contributed by atoms with Crippen molar-refractivity contribution in [3.05, 3.63) is 104 Å². The Morgan fingerprint density at radius 2 is 1.65 bits per heavy atom. The van der Waals surface area contributed by atoms with Crippen LogP contribution < -0.4 is 11.2 Å². The van der Waals surface area contributed by atoms with E-state index in [4.69, 9.17) is 14.2 Å². The predicted octanol–water partition coefficient (Wildman–Crippen LogP) is 2.93. The van der Waals surface area contributed by atoms with Crippen LogP contribution in [0.5, 0.6) is 0 Å². The van der Waals surface area contributed by atoms with Gasteiger partial charge in [0.05, 0.1) is 25.9 Å². The fraction of sp³-hybridized carbons (Fsp3) is 0.333. The minimum Gasteiger partial charge on any atom is -0.374 e. The number of aromatic nitrogens is 2. The SMILES string of the molecule is Cc1cn(C2C[C@H](OCc3ccccc3)[C@@H](COCc3ccccc3)O2)c(=O)[nH]c1=O. The third-order valence-corrected chi connectivity index (χ3v) is 5.34. The van der Waals surface area contributed by atoms with Crippen molar-refractivity contribution < 1.29 is 14.2 Å². The number of aryl methyl sites for hydroxylation is 1. The lowest BCUT2D eigenvalue weighted by Crippen LogP contribution is -2.33. The van der Waals surface area contributed by atoms with E-state index in [1.807, 2.05) is 60.7 Å². The quantitative estimate of drug-likeness (QED) is 0.604. The third kappa shape index (κ3) is 5.38. The van der Waals surface area contributed by atoms with E-state index in [1.54, 1.807) is 6.92 Å². The van der Waals surface area contributed by atoms with Crippen LogP contribution in [0, 0.1) is 6.92 Å². The molecule has 1 saturated heterocycles. The van der Waals surface area contributed by atoms with Crippen LogP contribution in [0.25, 0.3) is 0 Å². The molecule has 2 heterocycles. The van der Waals surface area contributed by atoms with E-state index in [0.29, 0.717) is 31.8 Å². The summed E-state index contributed by atoms with van der Waals surface area (Å²) in [4.78, 5) is 26.4. The maximum Gasteiger partial charge on any atom is 0.330 e. The Morgan fingerprint density at radius 3 is 2.32 bits per heavy atom. The Bertz CT molecular complexity index is 1090. The van der Waals surface area contributed by atoms with E-state index in [1.165, 1.54) is 10.8 Å². The van der Waals surface area contributed by atoms with E-state index in [-0.39, 0.29) is 17.8 Å². The molecule has 31 heavy (non-hydrogen) atoms. The van der Waals surface area contributed by atoms with Crippen molar-refractivity contribution in [1.29, 1.82) is 0 Å². The van der Waals surface area contributed by atoms with Gasteiger partial charge < -0.3 is 14.2 Å². The highest BCUT2D eigenvalue weighted by Crippen LogP contribution is 2.31. The highest BCUT2D eigenvalue weighted by atomic mass is 16.6. The molecule has 1 aromatic heterocycles. The zero-order valence-electron chi connectivity index (χ0n) is 17.4. The number of benzene rings is 2. The number of ether oxygens (including phenoxy) is 3. The lowest BCUT2D eigenvalue weighted by Gasteiger charge is -2.19. The molecule has 0 amide bonds. The Labute approximate surface area is 180 Å². The van der Waals surface area contributed by atoms with Crippen LogP contribution in [-0.2, 0) is 27.4 Å². The zero-order valence-corrected chi connectivity index (χ0v) is 17.4. The van der Waals surface area contributed by atoms with Gasteiger partial charge in [0.1, 0.15) is 12.3 Å². The minimum atomic E-state index is -0.533. The number of H-pyrrole nitrogens is 1. The normalized spacial score (nSPS) is 20.7. The summed E-state index contributed by atoms with van der Waals surface area (Å²) in [6, 6.07) is 19.8. The summed E-state index contributed by atoms with van der Waals surface area (Å²) in [6.07, 6.45) is 0.899. The highest BCUT2D eigenvalue weighted by molar-refractivity contribution is 5.14. The molecule has 0 bridgehead atoms. The van der Waals surface area contributed by atoms with Crippen LogP contribution >= 0.6 is 0 Å². The summed E-state index contributed by atoms with van der Waals surface area (Å²) in [5.74, 6) is 0. The van der Waals surface area contributed by atoms with Gasteiger partial charge in [0.15, 0.2) is 0 Å². The second-order valence-corrected chi connectivity index (χ2v) is 7.68.